The van der Waals surface area contributed by atoms with Gasteiger partial charge in [0.25, 0.3) is 0 Å². The second-order valence-electron chi connectivity index (χ2n) is 4.40. The molecule has 0 saturated carbocycles. The first kappa shape index (κ1) is 13.2. The zero-order valence-corrected chi connectivity index (χ0v) is 10.1. The van der Waals surface area contributed by atoms with Crippen molar-refractivity contribution in [3.8, 4) is 5.75 Å². The first-order chi connectivity index (χ1) is 7.86. The van der Waals surface area contributed by atoms with Gasteiger partial charge in [0.05, 0.1) is 13.5 Å². The van der Waals surface area contributed by atoms with Crippen LogP contribution in [-0.2, 0) is 0 Å². The summed E-state index contributed by atoms with van der Waals surface area (Å²) in [7, 11) is 1.53. The van der Waals surface area contributed by atoms with E-state index in [2.05, 4.69) is 0 Å². The van der Waals surface area contributed by atoms with Crippen LogP contribution in [0.5, 0.6) is 5.75 Å². The Balaban J connectivity index is 2.80. The van der Waals surface area contributed by atoms with Crippen LogP contribution in [0.1, 0.15) is 30.6 Å². The van der Waals surface area contributed by atoms with E-state index in [1.54, 1.807) is 24.3 Å². The summed E-state index contributed by atoms with van der Waals surface area (Å²) in [6.07, 6.45) is -0.119. The lowest BCUT2D eigenvalue weighted by molar-refractivity contribution is -0.558. The highest BCUT2D eigenvalue weighted by Gasteiger charge is 2.33. The van der Waals surface area contributed by atoms with Crippen LogP contribution in [0.15, 0.2) is 24.3 Å². The quantitative estimate of drug-likeness (QED) is 0.447. The van der Waals surface area contributed by atoms with Crippen molar-refractivity contribution in [2.24, 2.45) is 0 Å². The summed E-state index contributed by atoms with van der Waals surface area (Å²) in [5.74, 6) is 0.407. The Morgan fingerprint density at radius 2 is 1.88 bits per heavy atom. The van der Waals surface area contributed by atoms with E-state index in [1.165, 1.54) is 21.0 Å². The van der Waals surface area contributed by atoms with Crippen molar-refractivity contribution in [2.75, 3.05) is 7.11 Å². The highest BCUT2D eigenvalue weighted by molar-refractivity contribution is 5.96. The fourth-order valence-corrected chi connectivity index (χ4v) is 1.34. The van der Waals surface area contributed by atoms with E-state index in [0.29, 0.717) is 11.3 Å². The van der Waals surface area contributed by atoms with E-state index in [9.17, 15) is 14.9 Å². The molecule has 0 bridgehead atoms. The van der Waals surface area contributed by atoms with Crippen molar-refractivity contribution >= 4 is 5.78 Å². The van der Waals surface area contributed by atoms with Crippen LogP contribution in [0.25, 0.3) is 0 Å². The Hall–Kier alpha value is -1.91. The molecular formula is C12H15NO4. The van der Waals surface area contributed by atoms with Gasteiger partial charge in [-0.1, -0.05) is 0 Å². The molecule has 0 atom stereocenters. The molecule has 0 fully saturated rings. The minimum Gasteiger partial charge on any atom is -0.497 e. The number of ketones is 1. The topological polar surface area (TPSA) is 69.4 Å². The molecule has 1 aromatic carbocycles. The molecule has 5 heteroatoms. The molecule has 0 N–H and O–H groups in total. The van der Waals surface area contributed by atoms with Gasteiger partial charge in [0.1, 0.15) is 5.75 Å². The summed E-state index contributed by atoms with van der Waals surface area (Å²) in [5, 5.41) is 10.7. The maximum atomic E-state index is 11.8. The van der Waals surface area contributed by atoms with Gasteiger partial charge in [-0.05, 0) is 24.3 Å². The van der Waals surface area contributed by atoms with Crippen LogP contribution in [0.3, 0.4) is 0 Å². The van der Waals surface area contributed by atoms with E-state index in [4.69, 9.17) is 4.74 Å². The number of Topliss-reactive ketones (excluding diaryl/α,β-unsaturated/α-hetero) is 1. The molecule has 1 rings (SSSR count). The Morgan fingerprint density at radius 1 is 1.35 bits per heavy atom. The summed E-state index contributed by atoms with van der Waals surface area (Å²) in [6, 6.07) is 6.53. The molecule has 0 saturated heterocycles. The third-order valence-electron chi connectivity index (χ3n) is 2.50. The van der Waals surface area contributed by atoms with Gasteiger partial charge in [0.2, 0.25) is 5.54 Å². The van der Waals surface area contributed by atoms with Gasteiger partial charge >= 0.3 is 0 Å². The lowest BCUT2D eigenvalue weighted by atomic mass is 9.95. The number of nitro groups is 1. The van der Waals surface area contributed by atoms with Crippen molar-refractivity contribution in [3.63, 3.8) is 0 Å². The number of ether oxygens (including phenoxy) is 1. The summed E-state index contributed by atoms with van der Waals surface area (Å²) < 4.78 is 4.97. The van der Waals surface area contributed by atoms with Crippen molar-refractivity contribution < 1.29 is 14.5 Å². The molecule has 17 heavy (non-hydrogen) atoms. The third kappa shape index (κ3) is 3.27. The molecule has 0 aliphatic heterocycles. The summed E-state index contributed by atoms with van der Waals surface area (Å²) in [4.78, 5) is 22.1. The Kier molecular flexibility index (Phi) is 3.83. The third-order valence-corrected chi connectivity index (χ3v) is 2.50. The summed E-state index contributed by atoms with van der Waals surface area (Å²) in [5.41, 5.74) is -0.780. The highest BCUT2D eigenvalue weighted by atomic mass is 16.6. The SMILES string of the molecule is COc1ccc(C(=O)CC(C)(C)[N+](=O)[O-])cc1. The van der Waals surface area contributed by atoms with Gasteiger partial charge in [-0.15, -0.1) is 0 Å². The van der Waals surface area contributed by atoms with Crippen molar-refractivity contribution in [3.05, 3.63) is 39.9 Å². The van der Waals surface area contributed by atoms with Gasteiger partial charge in [0.15, 0.2) is 5.78 Å². The Labute approximate surface area is 99.5 Å². The van der Waals surface area contributed by atoms with Crippen LogP contribution in [0, 0.1) is 10.1 Å². The molecule has 0 aliphatic rings. The predicted octanol–water partition coefficient (Wildman–Crippen LogP) is 2.32. The first-order valence-electron chi connectivity index (χ1n) is 5.18. The second kappa shape index (κ2) is 4.95. The molecule has 0 unspecified atom stereocenters. The normalized spacial score (nSPS) is 11.0. The van der Waals surface area contributed by atoms with Crippen LogP contribution in [0.4, 0.5) is 0 Å². The van der Waals surface area contributed by atoms with Crippen molar-refractivity contribution in [2.45, 2.75) is 25.8 Å². The minimum absolute atomic E-state index is 0.119. The van der Waals surface area contributed by atoms with E-state index in [0.717, 1.165) is 0 Å². The van der Waals surface area contributed by atoms with Gasteiger partial charge in [0, 0.05) is 24.3 Å². The zero-order chi connectivity index (χ0) is 13.1. The van der Waals surface area contributed by atoms with E-state index >= 15 is 0 Å². The number of carbonyl (C=O) groups is 1. The number of hydrogen-bond donors (Lipinski definition) is 0. The Bertz CT molecular complexity index is 423. The molecule has 0 heterocycles. The highest BCUT2D eigenvalue weighted by Crippen LogP contribution is 2.18. The number of carbonyl (C=O) groups excluding carboxylic acids is 1. The van der Waals surface area contributed by atoms with Gasteiger partial charge < -0.3 is 4.74 Å². The fourth-order valence-electron chi connectivity index (χ4n) is 1.34. The molecular weight excluding hydrogens is 222 g/mol. The van der Waals surface area contributed by atoms with Gasteiger partial charge in [-0.25, -0.2) is 0 Å². The number of nitrogens with zero attached hydrogens (tertiary/aromatic N) is 1. The molecule has 1 aromatic rings. The summed E-state index contributed by atoms with van der Waals surface area (Å²) >= 11 is 0. The molecule has 0 aromatic heterocycles. The molecule has 0 spiro atoms. The Morgan fingerprint density at radius 3 is 2.29 bits per heavy atom. The maximum absolute atomic E-state index is 11.8. The van der Waals surface area contributed by atoms with Crippen LogP contribution >= 0.6 is 0 Å². The maximum Gasteiger partial charge on any atom is 0.224 e. The number of hydrogen-bond acceptors (Lipinski definition) is 4. The van der Waals surface area contributed by atoms with Crippen molar-refractivity contribution in [1.29, 1.82) is 0 Å². The summed E-state index contributed by atoms with van der Waals surface area (Å²) in [6.45, 7) is 2.88. The van der Waals surface area contributed by atoms with E-state index in [1.807, 2.05) is 0 Å². The molecule has 5 nitrogen and oxygen atoms in total. The lowest BCUT2D eigenvalue weighted by Gasteiger charge is -2.14. The van der Waals surface area contributed by atoms with Crippen LogP contribution in [-0.4, -0.2) is 23.4 Å². The predicted molar refractivity (Wildman–Crippen MR) is 63.0 cm³/mol. The standard InChI is InChI=1S/C12H15NO4/c1-12(2,13(15)16)8-11(14)9-4-6-10(17-3)7-5-9/h4-7H,8H2,1-3H3. The molecule has 0 aliphatic carbocycles. The van der Waals surface area contributed by atoms with Crippen molar-refractivity contribution in [1.82, 2.24) is 0 Å². The van der Waals surface area contributed by atoms with E-state index in [-0.39, 0.29) is 12.2 Å². The monoisotopic (exact) mass is 237 g/mol. The molecule has 0 radical (unpaired) electrons. The first-order valence-corrected chi connectivity index (χ1v) is 5.18. The second-order valence-corrected chi connectivity index (χ2v) is 4.40. The average molecular weight is 237 g/mol. The zero-order valence-electron chi connectivity index (χ0n) is 10.1. The number of benzene rings is 1. The minimum atomic E-state index is -1.24. The van der Waals surface area contributed by atoms with Crippen LogP contribution < -0.4 is 4.74 Å². The lowest BCUT2D eigenvalue weighted by Crippen LogP contribution is -2.33. The average Bonchev–Trinajstić information content (AvgIpc) is 2.28. The van der Waals surface area contributed by atoms with E-state index < -0.39 is 10.5 Å². The largest absolute Gasteiger partial charge is 0.497 e. The fraction of sp³-hybridized carbons (Fsp3) is 0.417. The molecule has 0 amide bonds. The smallest absolute Gasteiger partial charge is 0.224 e. The van der Waals surface area contributed by atoms with Gasteiger partial charge in [-0.3, -0.25) is 14.9 Å². The van der Waals surface area contributed by atoms with Gasteiger partial charge in [-0.2, -0.15) is 0 Å². The number of methoxy groups -OCH3 is 1. The van der Waals surface area contributed by atoms with Crippen LogP contribution in [0.2, 0.25) is 0 Å². The number of rotatable bonds is 5. The molecule has 92 valence electrons.